The first-order valence-corrected chi connectivity index (χ1v) is 8.39. The van der Waals surface area contributed by atoms with Crippen LogP contribution in [0.1, 0.15) is 24.1 Å². The molecule has 1 aromatic heterocycles. The fraction of sp³-hybridized carbons (Fsp3) is 0.158. The Hall–Kier alpha value is -2.79. The zero-order chi connectivity index (χ0) is 17.6. The molecule has 0 aliphatic carbocycles. The highest BCUT2D eigenvalue weighted by Gasteiger charge is 2.11. The van der Waals surface area contributed by atoms with E-state index in [4.69, 9.17) is 11.6 Å². The smallest absolute Gasteiger partial charge is 0.315 e. The van der Waals surface area contributed by atoms with Crippen LogP contribution in [0.2, 0.25) is 5.02 Å². The fourth-order valence-electron chi connectivity index (χ4n) is 2.56. The number of aromatic nitrogens is 2. The molecule has 3 aromatic rings. The van der Waals surface area contributed by atoms with E-state index in [9.17, 15) is 4.79 Å². The summed E-state index contributed by atoms with van der Waals surface area (Å²) in [5.41, 5.74) is 2.84. The van der Waals surface area contributed by atoms with E-state index in [0.29, 0.717) is 11.6 Å². The van der Waals surface area contributed by atoms with Gasteiger partial charge in [-0.05, 0) is 42.3 Å². The Morgan fingerprint density at radius 2 is 2.04 bits per heavy atom. The summed E-state index contributed by atoms with van der Waals surface area (Å²) in [5.74, 6) is 0. The van der Waals surface area contributed by atoms with Gasteiger partial charge < -0.3 is 10.6 Å². The van der Waals surface area contributed by atoms with Gasteiger partial charge >= 0.3 is 6.03 Å². The van der Waals surface area contributed by atoms with Gasteiger partial charge in [-0.25, -0.2) is 9.48 Å². The Balaban J connectivity index is 1.58. The van der Waals surface area contributed by atoms with Crippen molar-refractivity contribution in [2.45, 2.75) is 19.5 Å². The standard InChI is InChI=1S/C19H19ClN4O/c1-14(17-8-2-3-9-18(17)20)23-19(25)21-13-15-6-4-7-16(12-15)24-11-5-10-22-24/h2-12,14H,13H2,1H3,(H2,21,23,25). The molecule has 0 bridgehead atoms. The second kappa shape index (κ2) is 7.85. The van der Waals surface area contributed by atoms with Crippen LogP contribution >= 0.6 is 11.6 Å². The average molecular weight is 355 g/mol. The van der Waals surface area contributed by atoms with Crippen LogP contribution in [-0.4, -0.2) is 15.8 Å². The molecule has 1 atom stereocenters. The largest absolute Gasteiger partial charge is 0.334 e. The molecule has 1 heterocycles. The number of amides is 2. The van der Waals surface area contributed by atoms with Crippen molar-refractivity contribution < 1.29 is 4.79 Å². The van der Waals surface area contributed by atoms with E-state index < -0.39 is 0 Å². The molecule has 3 rings (SSSR count). The van der Waals surface area contributed by atoms with Crippen LogP contribution in [-0.2, 0) is 6.54 Å². The lowest BCUT2D eigenvalue weighted by Gasteiger charge is -2.16. The Morgan fingerprint density at radius 3 is 2.80 bits per heavy atom. The molecule has 0 radical (unpaired) electrons. The lowest BCUT2D eigenvalue weighted by atomic mass is 10.1. The number of hydrogen-bond acceptors (Lipinski definition) is 2. The third-order valence-corrected chi connectivity index (χ3v) is 4.20. The van der Waals surface area contributed by atoms with E-state index >= 15 is 0 Å². The topological polar surface area (TPSA) is 59.0 Å². The molecule has 6 heteroatoms. The Bertz CT molecular complexity index is 848. The minimum absolute atomic E-state index is 0.177. The van der Waals surface area contributed by atoms with Gasteiger partial charge in [-0.1, -0.05) is 41.9 Å². The van der Waals surface area contributed by atoms with Gasteiger partial charge in [0.1, 0.15) is 0 Å². The normalized spacial score (nSPS) is 11.8. The predicted molar refractivity (Wildman–Crippen MR) is 98.8 cm³/mol. The molecule has 128 valence electrons. The molecule has 0 aliphatic heterocycles. The number of hydrogen-bond donors (Lipinski definition) is 2. The van der Waals surface area contributed by atoms with Crippen molar-refractivity contribution in [2.75, 3.05) is 0 Å². The zero-order valence-corrected chi connectivity index (χ0v) is 14.6. The number of urea groups is 1. The first-order valence-electron chi connectivity index (χ1n) is 8.01. The summed E-state index contributed by atoms with van der Waals surface area (Å²) in [6.07, 6.45) is 3.61. The molecule has 2 N–H and O–H groups in total. The molecule has 1 unspecified atom stereocenters. The summed E-state index contributed by atoms with van der Waals surface area (Å²) in [4.78, 5) is 12.1. The second-order valence-corrected chi connectivity index (χ2v) is 6.10. The van der Waals surface area contributed by atoms with Crippen molar-refractivity contribution in [1.82, 2.24) is 20.4 Å². The first-order chi connectivity index (χ1) is 12.1. The minimum atomic E-state index is -0.239. The minimum Gasteiger partial charge on any atom is -0.334 e. The number of carbonyl (C=O) groups excluding carboxylic acids is 1. The molecule has 5 nitrogen and oxygen atoms in total. The number of carbonyl (C=O) groups is 1. The monoisotopic (exact) mass is 354 g/mol. The SMILES string of the molecule is CC(NC(=O)NCc1cccc(-n2cccn2)c1)c1ccccc1Cl. The fourth-order valence-corrected chi connectivity index (χ4v) is 2.86. The molecule has 0 saturated heterocycles. The summed E-state index contributed by atoms with van der Waals surface area (Å²) in [6, 6.07) is 16.8. The quantitative estimate of drug-likeness (QED) is 0.725. The van der Waals surface area contributed by atoms with Crippen LogP contribution < -0.4 is 10.6 Å². The second-order valence-electron chi connectivity index (χ2n) is 5.69. The summed E-state index contributed by atoms with van der Waals surface area (Å²) >= 11 is 6.16. The molecule has 2 aromatic carbocycles. The number of nitrogens with one attached hydrogen (secondary N) is 2. The molecule has 0 spiro atoms. The summed E-state index contributed by atoms with van der Waals surface area (Å²) in [6.45, 7) is 2.33. The van der Waals surface area contributed by atoms with E-state index in [1.165, 1.54) is 0 Å². The molecule has 0 fully saturated rings. The van der Waals surface area contributed by atoms with E-state index in [-0.39, 0.29) is 12.1 Å². The summed E-state index contributed by atoms with van der Waals surface area (Å²) in [5, 5.41) is 10.6. The van der Waals surface area contributed by atoms with E-state index in [1.54, 1.807) is 10.9 Å². The van der Waals surface area contributed by atoms with Crippen molar-refractivity contribution in [3.63, 3.8) is 0 Å². The van der Waals surface area contributed by atoms with Gasteiger partial charge in [-0.15, -0.1) is 0 Å². The third kappa shape index (κ3) is 4.39. The lowest BCUT2D eigenvalue weighted by molar-refractivity contribution is 0.237. The van der Waals surface area contributed by atoms with Gasteiger partial charge in [0, 0.05) is 24.0 Å². The van der Waals surface area contributed by atoms with E-state index in [1.807, 2.05) is 67.7 Å². The Kier molecular flexibility index (Phi) is 5.36. The summed E-state index contributed by atoms with van der Waals surface area (Å²) < 4.78 is 1.78. The molecule has 0 saturated carbocycles. The van der Waals surface area contributed by atoms with Crippen LogP contribution in [0.4, 0.5) is 4.79 Å². The molecule has 2 amide bonds. The molecular formula is C19H19ClN4O. The van der Waals surface area contributed by atoms with E-state index in [2.05, 4.69) is 15.7 Å². The van der Waals surface area contributed by atoms with Crippen molar-refractivity contribution in [3.05, 3.63) is 83.1 Å². The van der Waals surface area contributed by atoms with Crippen LogP contribution in [0, 0.1) is 0 Å². The van der Waals surface area contributed by atoms with Crippen molar-refractivity contribution in [3.8, 4) is 5.69 Å². The number of benzene rings is 2. The van der Waals surface area contributed by atoms with Crippen molar-refractivity contribution in [2.24, 2.45) is 0 Å². The van der Waals surface area contributed by atoms with Crippen LogP contribution in [0.25, 0.3) is 5.69 Å². The first kappa shape index (κ1) is 17.0. The lowest BCUT2D eigenvalue weighted by Crippen LogP contribution is -2.36. The van der Waals surface area contributed by atoms with E-state index in [0.717, 1.165) is 16.8 Å². The number of rotatable bonds is 5. The molecule has 25 heavy (non-hydrogen) atoms. The Labute approximate surface area is 151 Å². The summed E-state index contributed by atoms with van der Waals surface area (Å²) in [7, 11) is 0. The highest BCUT2D eigenvalue weighted by molar-refractivity contribution is 6.31. The van der Waals surface area contributed by atoms with Gasteiger partial charge in [-0.2, -0.15) is 5.10 Å². The third-order valence-electron chi connectivity index (χ3n) is 3.85. The van der Waals surface area contributed by atoms with Crippen molar-refractivity contribution >= 4 is 17.6 Å². The highest BCUT2D eigenvalue weighted by Crippen LogP contribution is 2.21. The average Bonchev–Trinajstić information content (AvgIpc) is 3.15. The predicted octanol–water partition coefficient (Wildman–Crippen LogP) is 4.09. The van der Waals surface area contributed by atoms with Gasteiger partial charge in [0.2, 0.25) is 0 Å². The highest BCUT2D eigenvalue weighted by atomic mass is 35.5. The van der Waals surface area contributed by atoms with Gasteiger partial charge in [-0.3, -0.25) is 0 Å². The maximum absolute atomic E-state index is 12.1. The number of halogens is 1. The van der Waals surface area contributed by atoms with Gasteiger partial charge in [0.25, 0.3) is 0 Å². The Morgan fingerprint density at radius 1 is 1.20 bits per heavy atom. The molecular weight excluding hydrogens is 336 g/mol. The maximum Gasteiger partial charge on any atom is 0.315 e. The number of nitrogens with zero attached hydrogens (tertiary/aromatic N) is 2. The van der Waals surface area contributed by atoms with Crippen molar-refractivity contribution in [1.29, 1.82) is 0 Å². The van der Waals surface area contributed by atoms with Crippen LogP contribution in [0.15, 0.2) is 67.0 Å². The van der Waals surface area contributed by atoms with Gasteiger partial charge in [0.15, 0.2) is 0 Å². The molecule has 0 aliphatic rings. The zero-order valence-electron chi connectivity index (χ0n) is 13.8. The maximum atomic E-state index is 12.1. The van der Waals surface area contributed by atoms with Gasteiger partial charge in [0.05, 0.1) is 11.7 Å². The van der Waals surface area contributed by atoms with Crippen LogP contribution in [0.3, 0.4) is 0 Å². The van der Waals surface area contributed by atoms with Crippen LogP contribution in [0.5, 0.6) is 0 Å².